The number of carbonyl (C=O) groups excluding carboxylic acids is 1. The van der Waals surface area contributed by atoms with Gasteiger partial charge in [0, 0.05) is 24.2 Å². The first-order valence-corrected chi connectivity index (χ1v) is 7.93. The molecule has 0 saturated heterocycles. The van der Waals surface area contributed by atoms with Gasteiger partial charge in [0.25, 0.3) is 5.91 Å². The lowest BCUT2D eigenvalue weighted by Gasteiger charge is -2.35. The molecule has 1 saturated carbocycles. The van der Waals surface area contributed by atoms with Crippen LogP contribution in [0.3, 0.4) is 0 Å². The quantitative estimate of drug-likeness (QED) is 0.755. The van der Waals surface area contributed by atoms with Crippen molar-refractivity contribution >= 4 is 11.6 Å². The van der Waals surface area contributed by atoms with Crippen molar-refractivity contribution in [2.45, 2.75) is 39.0 Å². The molecule has 0 radical (unpaired) electrons. The molecule has 4 heteroatoms. The molecule has 1 fully saturated rings. The van der Waals surface area contributed by atoms with Crippen LogP contribution in [-0.4, -0.2) is 30.7 Å². The molecule has 1 aromatic rings. The summed E-state index contributed by atoms with van der Waals surface area (Å²) in [5, 5.41) is 15.9. The van der Waals surface area contributed by atoms with Gasteiger partial charge in [-0.2, -0.15) is 0 Å². The predicted octanol–water partition coefficient (Wildman–Crippen LogP) is 2.79. The Morgan fingerprint density at radius 1 is 1.24 bits per heavy atom. The molecule has 0 heterocycles. The second-order valence-electron chi connectivity index (χ2n) is 5.98. The van der Waals surface area contributed by atoms with Gasteiger partial charge in [0.2, 0.25) is 0 Å². The highest BCUT2D eigenvalue weighted by molar-refractivity contribution is 5.99. The van der Waals surface area contributed by atoms with Crippen LogP contribution >= 0.6 is 0 Å². The Morgan fingerprint density at radius 3 is 2.62 bits per heavy atom. The van der Waals surface area contributed by atoms with Gasteiger partial charge < -0.3 is 15.7 Å². The monoisotopic (exact) mass is 290 g/mol. The number of anilines is 1. The van der Waals surface area contributed by atoms with Gasteiger partial charge in [-0.05, 0) is 31.9 Å². The van der Waals surface area contributed by atoms with Gasteiger partial charge in [-0.3, -0.25) is 4.79 Å². The molecule has 0 unspecified atom stereocenters. The van der Waals surface area contributed by atoms with Crippen LogP contribution in [0.5, 0.6) is 0 Å². The predicted molar refractivity (Wildman–Crippen MR) is 85.5 cm³/mol. The third-order valence-corrected chi connectivity index (χ3v) is 4.41. The molecule has 116 valence electrons. The largest absolute Gasteiger partial charge is 0.396 e. The second kappa shape index (κ2) is 7.46. The van der Waals surface area contributed by atoms with Gasteiger partial charge in [0.05, 0.1) is 12.2 Å². The summed E-state index contributed by atoms with van der Waals surface area (Å²) in [7, 11) is 0. The Balaban J connectivity index is 2.01. The van der Waals surface area contributed by atoms with Crippen LogP contribution in [0.25, 0.3) is 0 Å². The van der Waals surface area contributed by atoms with Crippen LogP contribution in [-0.2, 0) is 0 Å². The van der Waals surface area contributed by atoms with E-state index in [1.54, 1.807) is 0 Å². The molecular formula is C17H26N2O2. The van der Waals surface area contributed by atoms with E-state index in [9.17, 15) is 9.90 Å². The normalized spacial score (nSPS) is 17.2. The van der Waals surface area contributed by atoms with Crippen LogP contribution in [0, 0.1) is 5.41 Å². The van der Waals surface area contributed by atoms with E-state index < -0.39 is 0 Å². The van der Waals surface area contributed by atoms with Crippen molar-refractivity contribution in [2.75, 3.05) is 25.0 Å². The molecule has 1 aliphatic carbocycles. The van der Waals surface area contributed by atoms with E-state index in [4.69, 9.17) is 0 Å². The third kappa shape index (κ3) is 3.97. The fraction of sp³-hybridized carbons (Fsp3) is 0.588. The number of amides is 1. The average molecular weight is 290 g/mol. The summed E-state index contributed by atoms with van der Waals surface area (Å²) < 4.78 is 0. The molecule has 0 aromatic heterocycles. The number of aliphatic hydroxyl groups is 1. The zero-order valence-corrected chi connectivity index (χ0v) is 12.8. The third-order valence-electron chi connectivity index (χ3n) is 4.41. The summed E-state index contributed by atoms with van der Waals surface area (Å²) in [5.74, 6) is -0.0649. The molecule has 0 spiro atoms. The zero-order valence-electron chi connectivity index (χ0n) is 12.8. The number of para-hydroxylation sites is 1. The van der Waals surface area contributed by atoms with Gasteiger partial charge in [0.1, 0.15) is 0 Å². The first-order valence-electron chi connectivity index (χ1n) is 7.93. The lowest BCUT2D eigenvalue weighted by molar-refractivity contribution is 0.0718. The summed E-state index contributed by atoms with van der Waals surface area (Å²) in [5.41, 5.74) is 1.41. The molecule has 4 nitrogen and oxygen atoms in total. The van der Waals surface area contributed by atoms with Gasteiger partial charge >= 0.3 is 0 Å². The van der Waals surface area contributed by atoms with Crippen LogP contribution in [0.15, 0.2) is 24.3 Å². The number of hydrogen-bond donors (Lipinski definition) is 3. The summed E-state index contributed by atoms with van der Waals surface area (Å²) in [6.07, 6.45) is 5.52. The Labute approximate surface area is 126 Å². The van der Waals surface area contributed by atoms with Gasteiger partial charge in [-0.25, -0.2) is 0 Å². The Bertz CT molecular complexity index is 468. The molecule has 0 atom stereocenters. The Kier molecular flexibility index (Phi) is 5.62. The number of rotatable bonds is 6. The first-order chi connectivity index (χ1) is 10.2. The fourth-order valence-electron chi connectivity index (χ4n) is 3.08. The van der Waals surface area contributed by atoms with Crippen LogP contribution in [0.2, 0.25) is 0 Å². The van der Waals surface area contributed by atoms with Crippen molar-refractivity contribution < 1.29 is 9.90 Å². The van der Waals surface area contributed by atoms with Crippen LogP contribution in [0.4, 0.5) is 5.69 Å². The van der Waals surface area contributed by atoms with Gasteiger partial charge in [-0.1, -0.05) is 31.4 Å². The second-order valence-corrected chi connectivity index (χ2v) is 5.98. The SMILES string of the molecule is CCNc1ccccc1C(=O)NCC1(CO)CCCCC1. The molecule has 3 N–H and O–H groups in total. The standard InChI is InChI=1S/C17H26N2O2/c1-2-18-15-9-5-4-8-14(15)16(21)19-12-17(13-20)10-6-3-7-11-17/h4-5,8-9,18,20H,2-3,6-7,10-13H2,1H3,(H,19,21). The summed E-state index contributed by atoms with van der Waals surface area (Å²) >= 11 is 0. The molecular weight excluding hydrogens is 264 g/mol. The smallest absolute Gasteiger partial charge is 0.253 e. The lowest BCUT2D eigenvalue weighted by Crippen LogP contribution is -2.41. The van der Waals surface area contributed by atoms with E-state index in [1.807, 2.05) is 31.2 Å². The Morgan fingerprint density at radius 2 is 1.95 bits per heavy atom. The molecule has 1 aliphatic rings. The minimum absolute atomic E-state index is 0.0649. The molecule has 0 aliphatic heterocycles. The highest BCUT2D eigenvalue weighted by Gasteiger charge is 2.31. The molecule has 0 bridgehead atoms. The molecule has 1 aromatic carbocycles. The van der Waals surface area contributed by atoms with Crippen LogP contribution in [0.1, 0.15) is 49.4 Å². The lowest BCUT2D eigenvalue weighted by atomic mass is 9.74. The zero-order chi connectivity index (χ0) is 15.1. The van der Waals surface area contributed by atoms with Crippen molar-refractivity contribution in [1.29, 1.82) is 0 Å². The number of carbonyl (C=O) groups is 1. The number of nitrogens with one attached hydrogen (secondary N) is 2. The maximum absolute atomic E-state index is 12.4. The van der Waals surface area contributed by atoms with Gasteiger partial charge in [0.15, 0.2) is 0 Å². The number of benzene rings is 1. The average Bonchev–Trinajstić information content (AvgIpc) is 2.54. The van der Waals surface area contributed by atoms with E-state index in [-0.39, 0.29) is 17.9 Å². The van der Waals surface area contributed by atoms with Crippen LogP contribution < -0.4 is 10.6 Å². The molecule has 21 heavy (non-hydrogen) atoms. The van der Waals surface area contributed by atoms with Crippen molar-refractivity contribution in [2.24, 2.45) is 5.41 Å². The van der Waals surface area contributed by atoms with E-state index in [1.165, 1.54) is 6.42 Å². The molecule has 2 rings (SSSR count). The summed E-state index contributed by atoms with van der Waals surface area (Å²) in [6, 6.07) is 7.55. The molecule has 1 amide bonds. The first kappa shape index (κ1) is 15.8. The minimum atomic E-state index is -0.124. The maximum atomic E-state index is 12.4. The van der Waals surface area contributed by atoms with Crippen molar-refractivity contribution in [1.82, 2.24) is 5.32 Å². The van der Waals surface area contributed by atoms with Crippen molar-refractivity contribution in [3.63, 3.8) is 0 Å². The van der Waals surface area contributed by atoms with E-state index in [0.717, 1.165) is 37.9 Å². The number of aliphatic hydroxyl groups excluding tert-OH is 1. The van der Waals surface area contributed by atoms with E-state index >= 15 is 0 Å². The van der Waals surface area contributed by atoms with E-state index in [0.29, 0.717) is 12.1 Å². The Hall–Kier alpha value is -1.55. The topological polar surface area (TPSA) is 61.4 Å². The highest BCUT2D eigenvalue weighted by Crippen LogP contribution is 2.35. The minimum Gasteiger partial charge on any atom is -0.396 e. The van der Waals surface area contributed by atoms with Crippen molar-refractivity contribution in [3.05, 3.63) is 29.8 Å². The summed E-state index contributed by atoms with van der Waals surface area (Å²) in [4.78, 5) is 12.4. The van der Waals surface area contributed by atoms with Gasteiger partial charge in [-0.15, -0.1) is 0 Å². The number of hydrogen-bond acceptors (Lipinski definition) is 3. The highest BCUT2D eigenvalue weighted by atomic mass is 16.3. The summed E-state index contributed by atoms with van der Waals surface area (Å²) in [6.45, 7) is 3.51. The van der Waals surface area contributed by atoms with E-state index in [2.05, 4.69) is 10.6 Å². The maximum Gasteiger partial charge on any atom is 0.253 e. The van der Waals surface area contributed by atoms with Crippen molar-refractivity contribution in [3.8, 4) is 0 Å². The fourth-order valence-corrected chi connectivity index (χ4v) is 3.08.